The lowest BCUT2D eigenvalue weighted by atomic mass is 10.0. The number of carboxylic acid groups (broad SMARTS) is 1. The molecule has 1 aromatic heterocycles. The van der Waals surface area contributed by atoms with E-state index in [1.807, 2.05) is 23.1 Å². The molecule has 0 atom stereocenters. The minimum atomic E-state index is -0.776. The second-order valence-electron chi connectivity index (χ2n) is 8.18. The number of aromatic nitrogens is 1. The van der Waals surface area contributed by atoms with Crippen molar-refractivity contribution in [2.24, 2.45) is 0 Å². The lowest BCUT2D eigenvalue weighted by molar-refractivity contribution is -0.137. The van der Waals surface area contributed by atoms with Gasteiger partial charge in [0.25, 0.3) is 0 Å². The van der Waals surface area contributed by atoms with Gasteiger partial charge in [-0.1, -0.05) is 48.4 Å². The van der Waals surface area contributed by atoms with Crippen molar-refractivity contribution < 1.29 is 14.7 Å². The number of rotatable bonds is 8. The summed E-state index contributed by atoms with van der Waals surface area (Å²) in [4.78, 5) is 25.4. The molecule has 31 heavy (non-hydrogen) atoms. The topological polar surface area (TPSA) is 62.5 Å². The molecule has 0 fully saturated rings. The molecular formula is C25H27ClN2O3. The van der Waals surface area contributed by atoms with E-state index in [9.17, 15) is 9.59 Å². The number of nitrogens with zero attached hydrogens (tertiary/aromatic N) is 2. The number of halogens is 1. The Morgan fingerprint density at radius 1 is 1.00 bits per heavy atom. The lowest BCUT2D eigenvalue weighted by Crippen LogP contribution is -2.36. The number of benzene rings is 2. The maximum absolute atomic E-state index is 12.8. The number of unbranched alkanes of at least 4 members (excludes halogenated alkanes) is 2. The molecule has 6 heteroatoms. The van der Waals surface area contributed by atoms with Crippen molar-refractivity contribution in [3.8, 4) is 0 Å². The first-order valence-corrected chi connectivity index (χ1v) is 11.2. The van der Waals surface area contributed by atoms with Crippen LogP contribution in [0.3, 0.4) is 0 Å². The van der Waals surface area contributed by atoms with Crippen LogP contribution in [-0.4, -0.2) is 33.0 Å². The molecule has 4 rings (SSSR count). The summed E-state index contributed by atoms with van der Waals surface area (Å²) in [5, 5.41) is 10.7. The van der Waals surface area contributed by atoms with Gasteiger partial charge in [-0.15, -0.1) is 0 Å². The number of para-hydroxylation sites is 1. The summed E-state index contributed by atoms with van der Waals surface area (Å²) >= 11 is 6.20. The van der Waals surface area contributed by atoms with Gasteiger partial charge in [0.2, 0.25) is 5.91 Å². The Balaban J connectivity index is 1.52. The summed E-state index contributed by atoms with van der Waals surface area (Å²) in [7, 11) is 0. The van der Waals surface area contributed by atoms with E-state index in [0.717, 1.165) is 36.4 Å². The quantitative estimate of drug-likeness (QED) is 0.488. The Labute approximate surface area is 187 Å². The van der Waals surface area contributed by atoms with Gasteiger partial charge in [-0.2, -0.15) is 0 Å². The molecular weight excluding hydrogens is 412 g/mol. The zero-order valence-corrected chi connectivity index (χ0v) is 18.3. The van der Waals surface area contributed by atoms with Crippen LogP contribution in [0.2, 0.25) is 5.02 Å². The molecule has 1 aliphatic heterocycles. The van der Waals surface area contributed by atoms with Crippen molar-refractivity contribution in [1.29, 1.82) is 0 Å². The Morgan fingerprint density at radius 2 is 1.81 bits per heavy atom. The zero-order chi connectivity index (χ0) is 21.8. The summed E-state index contributed by atoms with van der Waals surface area (Å²) in [6.07, 6.45) is 3.63. The highest BCUT2D eigenvalue weighted by Gasteiger charge is 2.26. The fourth-order valence-electron chi connectivity index (χ4n) is 4.49. The van der Waals surface area contributed by atoms with Gasteiger partial charge in [0.05, 0.1) is 6.54 Å². The number of aliphatic carboxylic acids is 1. The van der Waals surface area contributed by atoms with Crippen LogP contribution in [0.25, 0.3) is 10.9 Å². The van der Waals surface area contributed by atoms with Gasteiger partial charge in [-0.3, -0.25) is 9.59 Å². The molecule has 1 N–H and O–H groups in total. The third-order valence-electron chi connectivity index (χ3n) is 6.03. The molecule has 3 aromatic rings. The molecule has 1 amide bonds. The van der Waals surface area contributed by atoms with E-state index in [1.54, 1.807) is 0 Å². The first-order chi connectivity index (χ1) is 15.0. The van der Waals surface area contributed by atoms with Gasteiger partial charge >= 0.3 is 5.97 Å². The molecule has 2 aromatic carbocycles. The predicted octanol–water partition coefficient (Wildman–Crippen LogP) is 5.26. The lowest BCUT2D eigenvalue weighted by Gasteiger charge is -2.29. The summed E-state index contributed by atoms with van der Waals surface area (Å²) in [5.74, 6) is -0.622. The van der Waals surface area contributed by atoms with Crippen molar-refractivity contribution in [2.45, 2.75) is 51.6 Å². The minimum Gasteiger partial charge on any atom is -0.481 e. The molecule has 5 nitrogen and oxygen atoms in total. The summed E-state index contributed by atoms with van der Waals surface area (Å²) in [5.41, 5.74) is 4.86. The second-order valence-corrected chi connectivity index (χ2v) is 8.61. The van der Waals surface area contributed by atoms with Crippen LogP contribution < -0.4 is 0 Å². The highest BCUT2D eigenvalue weighted by Crippen LogP contribution is 2.32. The van der Waals surface area contributed by atoms with Crippen LogP contribution in [0.1, 0.15) is 48.9 Å². The maximum atomic E-state index is 12.8. The highest BCUT2D eigenvalue weighted by atomic mass is 35.5. The van der Waals surface area contributed by atoms with Gasteiger partial charge in [0.1, 0.15) is 0 Å². The Kier molecular flexibility index (Phi) is 6.62. The molecule has 0 saturated heterocycles. The number of hydrogen-bond acceptors (Lipinski definition) is 2. The average molecular weight is 439 g/mol. The van der Waals surface area contributed by atoms with Gasteiger partial charge in [-0.05, 0) is 48.6 Å². The van der Waals surface area contributed by atoms with E-state index >= 15 is 0 Å². The normalized spacial score (nSPS) is 13.4. The molecule has 2 heterocycles. The molecule has 0 aliphatic carbocycles. The van der Waals surface area contributed by atoms with Crippen LogP contribution in [0.5, 0.6) is 0 Å². The highest BCUT2D eigenvalue weighted by molar-refractivity contribution is 6.30. The number of carbonyl (C=O) groups excluding carboxylic acids is 1. The van der Waals surface area contributed by atoms with Crippen molar-refractivity contribution >= 4 is 34.4 Å². The number of fused-ring (bicyclic) bond motifs is 3. The zero-order valence-electron chi connectivity index (χ0n) is 17.5. The van der Waals surface area contributed by atoms with Gasteiger partial charge in [-0.25, -0.2) is 0 Å². The van der Waals surface area contributed by atoms with E-state index in [0.29, 0.717) is 25.9 Å². The van der Waals surface area contributed by atoms with E-state index in [1.165, 1.54) is 22.2 Å². The number of amides is 1. The van der Waals surface area contributed by atoms with Crippen molar-refractivity contribution in [3.05, 3.63) is 70.4 Å². The first kappa shape index (κ1) is 21.4. The molecule has 0 saturated carbocycles. The van der Waals surface area contributed by atoms with Gasteiger partial charge in [0, 0.05) is 47.6 Å². The number of carbonyl (C=O) groups is 2. The Hall–Kier alpha value is -2.79. The van der Waals surface area contributed by atoms with E-state index in [-0.39, 0.29) is 12.3 Å². The second kappa shape index (κ2) is 9.56. The van der Waals surface area contributed by atoms with Crippen LogP contribution in [-0.2, 0) is 29.1 Å². The number of carboxylic acids is 1. The number of hydrogen-bond donors (Lipinski definition) is 1. The molecule has 0 radical (unpaired) electrons. The standard InChI is InChI=1S/C25H27ClN2O3/c26-19-8-6-7-18(15-19)16-28-22-10-5-4-9-20(22)21-13-14-27(17-23(21)28)24(29)11-2-1-3-12-25(30)31/h4-10,15H,1-3,11-14,16-17H2,(H,30,31). The van der Waals surface area contributed by atoms with E-state index in [2.05, 4.69) is 34.9 Å². The molecule has 0 spiro atoms. The van der Waals surface area contributed by atoms with Crippen LogP contribution >= 0.6 is 11.6 Å². The van der Waals surface area contributed by atoms with Crippen molar-refractivity contribution in [3.63, 3.8) is 0 Å². The SMILES string of the molecule is O=C(O)CCCCCC(=O)N1CCc2c(n(Cc3cccc(Cl)c3)c3ccccc23)C1. The summed E-state index contributed by atoms with van der Waals surface area (Å²) < 4.78 is 2.32. The smallest absolute Gasteiger partial charge is 0.303 e. The fourth-order valence-corrected chi connectivity index (χ4v) is 4.71. The molecule has 0 unspecified atom stereocenters. The first-order valence-electron chi connectivity index (χ1n) is 10.9. The third-order valence-corrected chi connectivity index (χ3v) is 6.27. The largest absolute Gasteiger partial charge is 0.481 e. The molecule has 162 valence electrons. The minimum absolute atomic E-state index is 0.153. The monoisotopic (exact) mass is 438 g/mol. The Bertz CT molecular complexity index is 1110. The maximum Gasteiger partial charge on any atom is 0.303 e. The van der Waals surface area contributed by atoms with Crippen LogP contribution in [0, 0.1) is 0 Å². The fraction of sp³-hybridized carbons (Fsp3) is 0.360. The average Bonchev–Trinajstić information content (AvgIpc) is 3.06. The van der Waals surface area contributed by atoms with E-state index < -0.39 is 5.97 Å². The third kappa shape index (κ3) is 4.93. The Morgan fingerprint density at radius 3 is 2.61 bits per heavy atom. The van der Waals surface area contributed by atoms with Gasteiger partial charge < -0.3 is 14.6 Å². The van der Waals surface area contributed by atoms with Crippen molar-refractivity contribution in [2.75, 3.05) is 6.54 Å². The van der Waals surface area contributed by atoms with Crippen LogP contribution in [0.4, 0.5) is 0 Å². The molecule has 0 bridgehead atoms. The van der Waals surface area contributed by atoms with E-state index in [4.69, 9.17) is 16.7 Å². The van der Waals surface area contributed by atoms with Crippen LogP contribution in [0.15, 0.2) is 48.5 Å². The molecule has 1 aliphatic rings. The van der Waals surface area contributed by atoms with Gasteiger partial charge in [0.15, 0.2) is 0 Å². The summed E-state index contributed by atoms with van der Waals surface area (Å²) in [6, 6.07) is 16.4. The predicted molar refractivity (Wildman–Crippen MR) is 122 cm³/mol. The van der Waals surface area contributed by atoms with Crippen molar-refractivity contribution in [1.82, 2.24) is 9.47 Å². The summed E-state index contributed by atoms with van der Waals surface area (Å²) in [6.45, 7) is 2.05.